The molecule has 0 unspecified atom stereocenters. The summed E-state index contributed by atoms with van der Waals surface area (Å²) in [6, 6.07) is 15.5. The molecule has 32 heavy (non-hydrogen) atoms. The predicted octanol–water partition coefficient (Wildman–Crippen LogP) is 4.32. The van der Waals surface area contributed by atoms with Crippen LogP contribution in [0.5, 0.6) is 5.75 Å². The van der Waals surface area contributed by atoms with Crippen LogP contribution in [0.15, 0.2) is 63.8 Å². The minimum atomic E-state index is -2.61. The molecule has 0 aromatic heterocycles. The van der Waals surface area contributed by atoms with Crippen molar-refractivity contribution < 1.29 is 18.4 Å². The number of fused-ring (bicyclic) bond motifs is 6. The van der Waals surface area contributed by atoms with E-state index in [4.69, 9.17) is 13.3 Å². The average molecular weight is 455 g/mol. The number of aliphatic imine (C=N–C) groups is 1. The first kappa shape index (κ1) is 22.7. The van der Waals surface area contributed by atoms with Crippen LogP contribution in [0.25, 0.3) is 0 Å². The standard InChI is InChI=1S/C23H30N4O4Si/c1-19(22-18-21(8-9-23(22)28)26-25-20-6-3-2-4-7-20)24-10-5-17-32-29-14-11-27(12-15-30-32)13-16-31-32/h2-4,6-9,18,28H,5,10-17H2,1H3. The van der Waals surface area contributed by atoms with Gasteiger partial charge in [0.15, 0.2) is 0 Å². The Hall–Kier alpha value is -2.43. The van der Waals surface area contributed by atoms with Crippen molar-refractivity contribution in [2.45, 2.75) is 19.4 Å². The van der Waals surface area contributed by atoms with Gasteiger partial charge in [-0.1, -0.05) is 18.2 Å². The molecule has 0 saturated carbocycles. The molecule has 3 heterocycles. The third-order valence-corrected chi connectivity index (χ3v) is 8.48. The maximum Gasteiger partial charge on any atom is 0.501 e. The molecule has 3 aliphatic heterocycles. The van der Waals surface area contributed by atoms with Crippen molar-refractivity contribution in [2.75, 3.05) is 46.0 Å². The first-order valence-electron chi connectivity index (χ1n) is 11.1. The Bertz CT molecular complexity index is 928. The summed E-state index contributed by atoms with van der Waals surface area (Å²) in [7, 11) is -2.61. The SMILES string of the molecule is CC(=NCCC[Si]12OCCN(CCO1)CCO2)c1cc(N=Nc2ccccc2)ccc1O. The highest BCUT2D eigenvalue weighted by Crippen LogP contribution is 2.26. The lowest BCUT2D eigenvalue weighted by atomic mass is 10.1. The molecule has 0 amide bonds. The normalized spacial score (nSPS) is 24.3. The highest BCUT2D eigenvalue weighted by molar-refractivity contribution is 6.60. The molecule has 8 nitrogen and oxygen atoms in total. The summed E-state index contributed by atoms with van der Waals surface area (Å²) in [5.74, 6) is 0.178. The van der Waals surface area contributed by atoms with E-state index >= 15 is 0 Å². The van der Waals surface area contributed by atoms with Crippen LogP contribution in [0, 0.1) is 0 Å². The third-order valence-electron chi connectivity index (χ3n) is 5.59. The van der Waals surface area contributed by atoms with Gasteiger partial charge in [0.05, 0.1) is 31.2 Å². The van der Waals surface area contributed by atoms with Crippen LogP contribution in [0.3, 0.4) is 0 Å². The van der Waals surface area contributed by atoms with Crippen LogP contribution in [-0.2, 0) is 13.3 Å². The molecular formula is C23H30N4O4Si. The second-order valence-corrected chi connectivity index (χ2v) is 10.6. The Kier molecular flexibility index (Phi) is 7.77. The molecule has 0 spiro atoms. The van der Waals surface area contributed by atoms with E-state index in [-0.39, 0.29) is 5.75 Å². The van der Waals surface area contributed by atoms with Gasteiger partial charge < -0.3 is 18.4 Å². The third kappa shape index (κ3) is 6.08. The van der Waals surface area contributed by atoms with E-state index in [0.717, 1.165) is 43.5 Å². The second kappa shape index (κ2) is 10.9. The molecule has 0 radical (unpaired) electrons. The molecule has 0 atom stereocenters. The van der Waals surface area contributed by atoms with Crippen LogP contribution in [0.1, 0.15) is 18.9 Å². The lowest BCUT2D eigenvalue weighted by Gasteiger charge is -2.38. The molecule has 2 aromatic carbocycles. The summed E-state index contributed by atoms with van der Waals surface area (Å²) < 4.78 is 18.2. The van der Waals surface area contributed by atoms with Gasteiger partial charge in [0.25, 0.3) is 0 Å². The van der Waals surface area contributed by atoms with E-state index in [0.29, 0.717) is 37.6 Å². The maximum absolute atomic E-state index is 10.3. The second-order valence-electron chi connectivity index (χ2n) is 7.88. The maximum atomic E-state index is 10.3. The first-order chi connectivity index (χ1) is 15.6. The summed E-state index contributed by atoms with van der Waals surface area (Å²) in [5.41, 5.74) is 2.85. The number of rotatable bonds is 7. The van der Waals surface area contributed by atoms with Gasteiger partial charge in [-0.25, -0.2) is 0 Å². The number of benzene rings is 2. The van der Waals surface area contributed by atoms with E-state index in [1.54, 1.807) is 18.2 Å². The molecule has 170 valence electrons. The van der Waals surface area contributed by atoms with Crippen molar-refractivity contribution in [1.29, 1.82) is 0 Å². The zero-order chi connectivity index (χ0) is 22.2. The number of phenols is 1. The molecular weight excluding hydrogens is 424 g/mol. The fourth-order valence-corrected chi connectivity index (χ4v) is 6.26. The summed E-state index contributed by atoms with van der Waals surface area (Å²) in [4.78, 5) is 6.98. The van der Waals surface area contributed by atoms with Gasteiger partial charge in [-0.05, 0) is 43.7 Å². The van der Waals surface area contributed by atoms with E-state index < -0.39 is 8.80 Å². The largest absolute Gasteiger partial charge is 0.507 e. The van der Waals surface area contributed by atoms with Gasteiger partial charge in [-0.15, -0.1) is 0 Å². The van der Waals surface area contributed by atoms with Crippen LogP contribution < -0.4 is 0 Å². The number of hydrogen-bond donors (Lipinski definition) is 1. The molecule has 5 rings (SSSR count). The Morgan fingerprint density at radius 2 is 1.59 bits per heavy atom. The van der Waals surface area contributed by atoms with E-state index in [1.807, 2.05) is 37.3 Å². The summed E-state index contributed by atoms with van der Waals surface area (Å²) in [6.45, 7) is 7.30. The lowest BCUT2D eigenvalue weighted by molar-refractivity contribution is -0.00841. The molecule has 3 aliphatic rings. The van der Waals surface area contributed by atoms with Gasteiger partial charge in [0.1, 0.15) is 5.75 Å². The van der Waals surface area contributed by atoms with Crippen molar-refractivity contribution in [3.8, 4) is 5.75 Å². The molecule has 2 aromatic rings. The summed E-state index contributed by atoms with van der Waals surface area (Å²) in [5, 5.41) is 18.8. The van der Waals surface area contributed by atoms with Crippen molar-refractivity contribution in [3.63, 3.8) is 0 Å². The van der Waals surface area contributed by atoms with E-state index in [1.165, 1.54) is 0 Å². The van der Waals surface area contributed by atoms with Crippen molar-refractivity contribution in [2.24, 2.45) is 15.2 Å². The van der Waals surface area contributed by atoms with Crippen molar-refractivity contribution in [3.05, 3.63) is 54.1 Å². The molecule has 3 fully saturated rings. The average Bonchev–Trinajstić information content (AvgIpc) is 2.77. The van der Waals surface area contributed by atoms with E-state index in [2.05, 4.69) is 20.1 Å². The first-order valence-corrected chi connectivity index (χ1v) is 13.0. The Morgan fingerprint density at radius 1 is 0.938 bits per heavy atom. The van der Waals surface area contributed by atoms with Crippen LogP contribution in [0.4, 0.5) is 11.4 Å². The summed E-state index contributed by atoms with van der Waals surface area (Å²) in [6.07, 6.45) is 0.807. The van der Waals surface area contributed by atoms with Gasteiger partial charge >= 0.3 is 8.80 Å². The Balaban J connectivity index is 1.36. The van der Waals surface area contributed by atoms with E-state index in [9.17, 15) is 5.11 Å². The number of azo groups is 1. The number of hydrogen-bond acceptors (Lipinski definition) is 8. The quantitative estimate of drug-likeness (QED) is 0.291. The minimum Gasteiger partial charge on any atom is -0.507 e. The molecule has 1 N–H and O–H groups in total. The summed E-state index contributed by atoms with van der Waals surface area (Å²) >= 11 is 0. The van der Waals surface area contributed by atoms with Gasteiger partial charge in [0, 0.05) is 43.5 Å². The number of phenolic OH excluding ortho intramolecular Hbond substituents is 1. The van der Waals surface area contributed by atoms with Crippen LogP contribution in [0.2, 0.25) is 6.04 Å². The predicted molar refractivity (Wildman–Crippen MR) is 125 cm³/mol. The van der Waals surface area contributed by atoms with Crippen molar-refractivity contribution >= 4 is 25.9 Å². The molecule has 3 saturated heterocycles. The van der Waals surface area contributed by atoms with Crippen molar-refractivity contribution in [1.82, 2.24) is 4.90 Å². The monoisotopic (exact) mass is 454 g/mol. The zero-order valence-electron chi connectivity index (χ0n) is 18.4. The topological polar surface area (TPSA) is 88.2 Å². The van der Waals surface area contributed by atoms with Gasteiger partial charge in [0.2, 0.25) is 0 Å². The van der Waals surface area contributed by atoms with Crippen LogP contribution in [-0.4, -0.2) is 70.5 Å². The fourth-order valence-electron chi connectivity index (χ4n) is 3.78. The smallest absolute Gasteiger partial charge is 0.501 e. The van der Waals surface area contributed by atoms with Gasteiger partial charge in [-0.3, -0.25) is 9.89 Å². The van der Waals surface area contributed by atoms with Crippen LogP contribution >= 0.6 is 0 Å². The zero-order valence-corrected chi connectivity index (χ0v) is 19.4. The fraction of sp³-hybridized carbons (Fsp3) is 0.435. The molecule has 0 aliphatic carbocycles. The Labute approximate surface area is 189 Å². The van der Waals surface area contributed by atoms with Gasteiger partial charge in [-0.2, -0.15) is 10.2 Å². The number of nitrogens with zero attached hydrogens (tertiary/aromatic N) is 4. The molecule has 2 bridgehead atoms. The molecule has 9 heteroatoms. The lowest BCUT2D eigenvalue weighted by Crippen LogP contribution is -2.55. The highest BCUT2D eigenvalue weighted by Gasteiger charge is 2.43. The highest BCUT2D eigenvalue weighted by atomic mass is 28.4. The number of aromatic hydroxyl groups is 1. The minimum absolute atomic E-state index is 0.178. The Morgan fingerprint density at radius 3 is 2.28 bits per heavy atom.